The molecule has 1 atom stereocenters. The summed E-state index contributed by atoms with van der Waals surface area (Å²) in [4.78, 5) is 11.3. The van der Waals surface area contributed by atoms with Gasteiger partial charge in [0.2, 0.25) is 5.95 Å². The summed E-state index contributed by atoms with van der Waals surface area (Å²) in [6, 6.07) is 2.59. The Labute approximate surface area is 114 Å². The molecule has 4 heteroatoms. The van der Waals surface area contributed by atoms with Gasteiger partial charge < -0.3 is 4.90 Å². The monoisotopic (exact) mass is 256 g/mol. The predicted molar refractivity (Wildman–Crippen MR) is 73.8 cm³/mol. The number of nitrogens with zero attached hydrogens (tertiary/aromatic N) is 4. The maximum atomic E-state index is 8.92. The molecule has 100 valence electrons. The number of piperidine rings is 1. The molecule has 4 nitrogen and oxygen atoms in total. The van der Waals surface area contributed by atoms with Crippen molar-refractivity contribution in [2.75, 3.05) is 11.4 Å². The van der Waals surface area contributed by atoms with Gasteiger partial charge in [-0.15, -0.1) is 0 Å². The van der Waals surface area contributed by atoms with Crippen molar-refractivity contribution in [2.24, 2.45) is 0 Å². The lowest BCUT2D eigenvalue weighted by molar-refractivity contribution is 0.416. The smallest absolute Gasteiger partial charge is 0.225 e. The largest absolute Gasteiger partial charge is 0.337 e. The maximum Gasteiger partial charge on any atom is 0.225 e. The van der Waals surface area contributed by atoms with E-state index in [1.165, 1.54) is 37.7 Å². The summed E-state index contributed by atoms with van der Waals surface area (Å²) in [5, 5.41) is 8.92. The second-order valence-corrected chi connectivity index (χ2v) is 5.65. The van der Waals surface area contributed by atoms with Gasteiger partial charge in [-0.2, -0.15) is 5.26 Å². The van der Waals surface area contributed by atoms with Crippen LogP contribution < -0.4 is 4.90 Å². The molecule has 0 aromatic carbocycles. The Balaban J connectivity index is 1.74. The molecular formula is C15H20N4. The molecule has 0 bridgehead atoms. The lowest BCUT2D eigenvalue weighted by Gasteiger charge is -2.34. The molecule has 1 saturated carbocycles. The topological polar surface area (TPSA) is 52.8 Å². The highest BCUT2D eigenvalue weighted by Crippen LogP contribution is 2.36. The molecule has 0 radical (unpaired) electrons. The van der Waals surface area contributed by atoms with Gasteiger partial charge in [0.25, 0.3) is 0 Å². The fraction of sp³-hybridized carbons (Fsp3) is 0.667. The molecule has 0 amide bonds. The standard InChI is InChI=1S/C15H20N4/c16-8-7-14-6-1-2-9-19(14)15-17-10-13(11-18-15)12-4-3-5-12/h10-12,14H,1-7,9H2. The van der Waals surface area contributed by atoms with Crippen LogP contribution >= 0.6 is 0 Å². The zero-order valence-corrected chi connectivity index (χ0v) is 11.3. The molecular weight excluding hydrogens is 236 g/mol. The molecule has 1 saturated heterocycles. The van der Waals surface area contributed by atoms with E-state index < -0.39 is 0 Å². The van der Waals surface area contributed by atoms with Gasteiger partial charge >= 0.3 is 0 Å². The quantitative estimate of drug-likeness (QED) is 0.834. The van der Waals surface area contributed by atoms with E-state index in [9.17, 15) is 0 Å². The number of rotatable bonds is 3. The van der Waals surface area contributed by atoms with E-state index in [0.717, 1.165) is 18.9 Å². The van der Waals surface area contributed by atoms with Gasteiger partial charge in [-0.25, -0.2) is 9.97 Å². The zero-order chi connectivity index (χ0) is 13.1. The Bertz CT molecular complexity index is 458. The number of nitriles is 1. The molecule has 1 unspecified atom stereocenters. The van der Waals surface area contributed by atoms with Crippen molar-refractivity contribution in [3.05, 3.63) is 18.0 Å². The Morgan fingerprint density at radius 2 is 1.95 bits per heavy atom. The van der Waals surface area contributed by atoms with Crippen molar-refractivity contribution in [2.45, 2.75) is 56.9 Å². The fourth-order valence-electron chi connectivity index (χ4n) is 3.01. The molecule has 2 fully saturated rings. The SMILES string of the molecule is N#CCC1CCCCN1c1ncc(C2CCC2)cn1. The lowest BCUT2D eigenvalue weighted by Crippen LogP contribution is -2.40. The van der Waals surface area contributed by atoms with Crippen LogP contribution in [0.3, 0.4) is 0 Å². The number of hydrogen-bond acceptors (Lipinski definition) is 4. The summed E-state index contributed by atoms with van der Waals surface area (Å²) < 4.78 is 0. The average molecular weight is 256 g/mol. The van der Waals surface area contributed by atoms with Crippen LogP contribution in [0.5, 0.6) is 0 Å². The van der Waals surface area contributed by atoms with E-state index in [0.29, 0.717) is 18.4 Å². The molecule has 1 aliphatic carbocycles. The van der Waals surface area contributed by atoms with E-state index in [1.807, 2.05) is 12.4 Å². The zero-order valence-electron chi connectivity index (χ0n) is 11.3. The summed E-state index contributed by atoms with van der Waals surface area (Å²) in [7, 11) is 0. The van der Waals surface area contributed by atoms with Crippen molar-refractivity contribution in [1.29, 1.82) is 5.26 Å². The lowest BCUT2D eigenvalue weighted by atomic mass is 9.81. The summed E-state index contributed by atoms with van der Waals surface area (Å²) in [5.74, 6) is 1.49. The second-order valence-electron chi connectivity index (χ2n) is 5.65. The van der Waals surface area contributed by atoms with Crippen molar-refractivity contribution < 1.29 is 0 Å². The van der Waals surface area contributed by atoms with E-state index >= 15 is 0 Å². The van der Waals surface area contributed by atoms with Crippen LogP contribution in [0.4, 0.5) is 5.95 Å². The third-order valence-electron chi connectivity index (χ3n) is 4.45. The van der Waals surface area contributed by atoms with Crippen LogP contribution in [0, 0.1) is 11.3 Å². The van der Waals surface area contributed by atoms with Crippen LogP contribution in [0.25, 0.3) is 0 Å². The van der Waals surface area contributed by atoms with E-state index in [1.54, 1.807) is 0 Å². The molecule has 3 rings (SSSR count). The highest BCUT2D eigenvalue weighted by Gasteiger charge is 2.25. The first-order chi connectivity index (χ1) is 9.38. The Kier molecular flexibility index (Phi) is 3.63. The number of hydrogen-bond donors (Lipinski definition) is 0. The third kappa shape index (κ3) is 2.56. The highest BCUT2D eigenvalue weighted by molar-refractivity contribution is 5.33. The molecule has 1 aromatic heterocycles. The minimum Gasteiger partial charge on any atom is -0.337 e. The summed E-state index contributed by atoms with van der Waals surface area (Å²) in [6.45, 7) is 0.981. The Morgan fingerprint density at radius 3 is 2.58 bits per heavy atom. The Morgan fingerprint density at radius 1 is 1.16 bits per heavy atom. The van der Waals surface area contributed by atoms with Gasteiger partial charge in [0.1, 0.15) is 0 Å². The molecule has 19 heavy (non-hydrogen) atoms. The van der Waals surface area contributed by atoms with Gasteiger partial charge in [-0.3, -0.25) is 0 Å². The van der Waals surface area contributed by atoms with Crippen molar-refractivity contribution in [3.8, 4) is 6.07 Å². The van der Waals surface area contributed by atoms with Crippen LogP contribution in [-0.2, 0) is 0 Å². The van der Waals surface area contributed by atoms with Gasteiger partial charge in [0, 0.05) is 25.0 Å². The van der Waals surface area contributed by atoms with Crippen molar-refractivity contribution >= 4 is 5.95 Å². The minimum atomic E-state index is 0.299. The second kappa shape index (κ2) is 5.56. The van der Waals surface area contributed by atoms with E-state index in [4.69, 9.17) is 5.26 Å². The highest BCUT2D eigenvalue weighted by atomic mass is 15.3. The molecule has 2 aliphatic rings. The normalized spacial score (nSPS) is 23.7. The molecule has 2 heterocycles. The van der Waals surface area contributed by atoms with Crippen molar-refractivity contribution in [3.63, 3.8) is 0 Å². The van der Waals surface area contributed by atoms with Gasteiger partial charge in [-0.05, 0) is 43.6 Å². The minimum absolute atomic E-state index is 0.299. The molecule has 0 N–H and O–H groups in total. The Hall–Kier alpha value is -1.63. The van der Waals surface area contributed by atoms with Crippen LogP contribution in [0.1, 0.15) is 56.4 Å². The van der Waals surface area contributed by atoms with Crippen molar-refractivity contribution in [1.82, 2.24) is 9.97 Å². The number of anilines is 1. The van der Waals surface area contributed by atoms with E-state index in [-0.39, 0.29) is 0 Å². The fourth-order valence-corrected chi connectivity index (χ4v) is 3.01. The average Bonchev–Trinajstić information content (AvgIpc) is 2.39. The summed E-state index contributed by atoms with van der Waals surface area (Å²) >= 11 is 0. The van der Waals surface area contributed by atoms with Crippen LogP contribution in [0.2, 0.25) is 0 Å². The number of aromatic nitrogens is 2. The van der Waals surface area contributed by atoms with Gasteiger partial charge in [0.05, 0.1) is 12.5 Å². The van der Waals surface area contributed by atoms with Gasteiger partial charge in [0.15, 0.2) is 0 Å². The molecule has 1 aromatic rings. The summed E-state index contributed by atoms with van der Waals surface area (Å²) in [5.41, 5.74) is 1.28. The molecule has 0 spiro atoms. The first-order valence-electron chi connectivity index (χ1n) is 7.34. The van der Waals surface area contributed by atoms with Crippen LogP contribution in [0.15, 0.2) is 12.4 Å². The first-order valence-corrected chi connectivity index (χ1v) is 7.34. The van der Waals surface area contributed by atoms with Gasteiger partial charge in [-0.1, -0.05) is 6.42 Å². The predicted octanol–water partition coefficient (Wildman–Crippen LogP) is 3.02. The third-order valence-corrected chi connectivity index (χ3v) is 4.45. The summed E-state index contributed by atoms with van der Waals surface area (Å²) in [6.07, 6.45) is 11.9. The van der Waals surface area contributed by atoms with E-state index in [2.05, 4.69) is 20.9 Å². The first kappa shape index (κ1) is 12.4. The maximum absolute atomic E-state index is 8.92. The molecule has 1 aliphatic heterocycles. The van der Waals surface area contributed by atoms with Crippen LogP contribution in [-0.4, -0.2) is 22.6 Å².